The number of β-amino-alcohol motifs (C(OH)–C–C–N with tert-alkyl or cyclic N) is 1. The average molecular weight is 449 g/mol. The number of benzene rings is 2. The van der Waals surface area contributed by atoms with E-state index in [0.717, 1.165) is 29.7 Å². The zero-order valence-electron chi connectivity index (χ0n) is 16.5. The lowest BCUT2D eigenvalue weighted by atomic mass is 9.89. The van der Waals surface area contributed by atoms with Crippen LogP contribution in [-0.2, 0) is 23.2 Å². The number of aryl methyl sites for hydroxylation is 2. The quantitative estimate of drug-likeness (QED) is 0.660. The molecule has 1 aliphatic heterocycles. The van der Waals surface area contributed by atoms with Crippen LogP contribution in [0.3, 0.4) is 0 Å². The molecule has 0 spiro atoms. The number of aliphatic hydroxyl groups is 1. The lowest BCUT2D eigenvalue weighted by Gasteiger charge is -2.24. The van der Waals surface area contributed by atoms with E-state index in [9.17, 15) is 14.7 Å². The third-order valence-corrected chi connectivity index (χ3v) is 6.22. The number of nitrogens with one attached hydrogen (secondary N) is 1. The number of nitrogens with zero attached hydrogens (tertiary/aromatic N) is 1. The number of imide groups is 1. The third-order valence-electron chi connectivity index (χ3n) is 5.67. The summed E-state index contributed by atoms with van der Waals surface area (Å²) in [7, 11) is 0. The molecule has 2 aromatic rings. The van der Waals surface area contributed by atoms with E-state index in [1.54, 1.807) is 19.1 Å². The van der Waals surface area contributed by atoms with Crippen molar-refractivity contribution in [2.75, 3.05) is 13.2 Å². The number of halogens is 2. The van der Waals surface area contributed by atoms with E-state index in [4.69, 9.17) is 27.9 Å². The number of hydrogen-bond acceptors (Lipinski definition) is 4. The summed E-state index contributed by atoms with van der Waals surface area (Å²) in [5, 5.41) is 13.9. The molecule has 1 heterocycles. The van der Waals surface area contributed by atoms with Gasteiger partial charge in [-0.2, -0.15) is 0 Å². The zero-order valence-corrected chi connectivity index (χ0v) is 18.0. The van der Waals surface area contributed by atoms with Gasteiger partial charge in [-0.3, -0.25) is 9.69 Å². The molecule has 4 rings (SSSR count). The number of rotatable bonds is 6. The van der Waals surface area contributed by atoms with Crippen molar-refractivity contribution in [3.05, 3.63) is 63.1 Å². The molecule has 0 radical (unpaired) electrons. The smallest absolute Gasteiger partial charge is 0.325 e. The maximum atomic E-state index is 13.1. The Hall–Kier alpha value is -2.28. The van der Waals surface area contributed by atoms with Crippen LogP contribution >= 0.6 is 23.2 Å². The van der Waals surface area contributed by atoms with E-state index in [2.05, 4.69) is 5.32 Å². The summed E-state index contributed by atoms with van der Waals surface area (Å²) >= 11 is 12.0. The molecule has 1 aliphatic carbocycles. The molecule has 2 aliphatic rings. The van der Waals surface area contributed by atoms with Gasteiger partial charge in [-0.05, 0) is 55.0 Å². The summed E-state index contributed by atoms with van der Waals surface area (Å²) in [6.45, 7) is 1.36. The Morgan fingerprint density at radius 3 is 2.73 bits per heavy atom. The van der Waals surface area contributed by atoms with Crippen LogP contribution in [0.4, 0.5) is 4.79 Å². The molecular weight excluding hydrogens is 427 g/mol. The molecule has 2 atom stereocenters. The number of carbonyl (C=O) groups excluding carboxylic acids is 2. The van der Waals surface area contributed by atoms with Crippen molar-refractivity contribution < 1.29 is 19.4 Å². The Kier molecular flexibility index (Phi) is 5.66. The predicted octanol–water partition coefficient (Wildman–Crippen LogP) is 3.69. The van der Waals surface area contributed by atoms with Crippen LogP contribution in [-0.4, -0.2) is 41.2 Å². The fraction of sp³-hybridized carbons (Fsp3) is 0.364. The number of aliphatic hydroxyl groups excluding tert-OH is 1. The maximum absolute atomic E-state index is 13.1. The minimum Gasteiger partial charge on any atom is -0.489 e. The van der Waals surface area contributed by atoms with Crippen molar-refractivity contribution in [1.29, 1.82) is 0 Å². The largest absolute Gasteiger partial charge is 0.489 e. The molecule has 30 heavy (non-hydrogen) atoms. The van der Waals surface area contributed by atoms with Crippen LogP contribution < -0.4 is 10.1 Å². The third kappa shape index (κ3) is 3.87. The minimum atomic E-state index is -1.16. The first-order valence-corrected chi connectivity index (χ1v) is 10.6. The van der Waals surface area contributed by atoms with Crippen molar-refractivity contribution in [3.8, 4) is 5.75 Å². The van der Waals surface area contributed by atoms with Gasteiger partial charge in [0.25, 0.3) is 5.91 Å². The van der Waals surface area contributed by atoms with Gasteiger partial charge in [-0.25, -0.2) is 4.79 Å². The van der Waals surface area contributed by atoms with Gasteiger partial charge in [0.2, 0.25) is 0 Å². The molecule has 1 saturated heterocycles. The Morgan fingerprint density at radius 1 is 1.17 bits per heavy atom. The molecule has 2 unspecified atom stereocenters. The molecule has 6 nitrogen and oxygen atoms in total. The average Bonchev–Trinajstić information content (AvgIpc) is 3.27. The topological polar surface area (TPSA) is 78.9 Å². The second kappa shape index (κ2) is 8.10. The van der Waals surface area contributed by atoms with Gasteiger partial charge in [-0.1, -0.05) is 41.4 Å². The van der Waals surface area contributed by atoms with Gasteiger partial charge < -0.3 is 15.2 Å². The first kappa shape index (κ1) is 21.0. The molecule has 8 heteroatoms. The number of fused-ring (bicyclic) bond motifs is 1. The molecule has 0 saturated carbocycles. The first-order valence-electron chi connectivity index (χ1n) is 9.80. The van der Waals surface area contributed by atoms with Crippen molar-refractivity contribution >= 4 is 35.1 Å². The van der Waals surface area contributed by atoms with Crippen molar-refractivity contribution in [2.24, 2.45) is 0 Å². The molecule has 0 bridgehead atoms. The van der Waals surface area contributed by atoms with Crippen LogP contribution in [0.5, 0.6) is 5.75 Å². The van der Waals surface area contributed by atoms with Crippen LogP contribution in [0.15, 0.2) is 36.4 Å². The second-order valence-electron chi connectivity index (χ2n) is 7.85. The standard InChI is InChI=1S/C22H22Cl2N2O4/c1-22(15-6-5-13-3-2-4-14(13)9-15)20(28)26(21(29)25-22)11-17(27)12-30-19-10-16(23)7-8-18(19)24/h5-10,17,27H,2-4,11-12H2,1H3,(H,25,29). The van der Waals surface area contributed by atoms with Crippen molar-refractivity contribution in [1.82, 2.24) is 10.2 Å². The van der Waals surface area contributed by atoms with Crippen LogP contribution in [0, 0.1) is 0 Å². The summed E-state index contributed by atoms with van der Waals surface area (Å²) in [5.41, 5.74) is 2.11. The predicted molar refractivity (Wildman–Crippen MR) is 114 cm³/mol. The van der Waals surface area contributed by atoms with E-state index >= 15 is 0 Å². The molecular formula is C22H22Cl2N2O4. The SMILES string of the molecule is CC1(c2ccc3c(c2)CCC3)NC(=O)N(CC(O)COc2cc(Cl)ccc2Cl)C1=O. The second-order valence-corrected chi connectivity index (χ2v) is 8.69. The molecule has 1 fully saturated rings. The maximum Gasteiger partial charge on any atom is 0.325 e. The summed E-state index contributed by atoms with van der Waals surface area (Å²) in [5.74, 6) is -0.0753. The summed E-state index contributed by atoms with van der Waals surface area (Å²) in [6, 6.07) is 10.1. The van der Waals surface area contributed by atoms with Crippen LogP contribution in [0.1, 0.15) is 30.0 Å². The highest BCUT2D eigenvalue weighted by molar-refractivity contribution is 6.34. The van der Waals surface area contributed by atoms with Gasteiger partial charge in [-0.15, -0.1) is 0 Å². The van der Waals surface area contributed by atoms with E-state index < -0.39 is 23.6 Å². The molecule has 2 aromatic carbocycles. The van der Waals surface area contributed by atoms with E-state index in [-0.39, 0.29) is 13.2 Å². The number of ether oxygens (including phenoxy) is 1. The normalized spacial score (nSPS) is 21.5. The van der Waals surface area contributed by atoms with E-state index in [1.165, 1.54) is 17.2 Å². The fourth-order valence-corrected chi connectivity index (χ4v) is 4.31. The highest BCUT2D eigenvalue weighted by atomic mass is 35.5. The van der Waals surface area contributed by atoms with Crippen molar-refractivity contribution in [3.63, 3.8) is 0 Å². The highest BCUT2D eigenvalue weighted by Crippen LogP contribution is 2.33. The minimum absolute atomic E-state index is 0.146. The van der Waals surface area contributed by atoms with E-state index in [0.29, 0.717) is 15.8 Å². The Morgan fingerprint density at radius 2 is 1.93 bits per heavy atom. The molecule has 2 N–H and O–H groups in total. The van der Waals surface area contributed by atoms with Gasteiger partial charge in [0, 0.05) is 11.1 Å². The monoisotopic (exact) mass is 448 g/mol. The van der Waals surface area contributed by atoms with E-state index in [1.807, 2.05) is 18.2 Å². The van der Waals surface area contributed by atoms with Gasteiger partial charge in [0.1, 0.15) is 24.0 Å². The lowest BCUT2D eigenvalue weighted by molar-refractivity contribution is -0.132. The Labute approximate surface area is 184 Å². The van der Waals surface area contributed by atoms with Crippen LogP contribution in [0.25, 0.3) is 0 Å². The lowest BCUT2D eigenvalue weighted by Crippen LogP contribution is -2.42. The molecule has 158 valence electrons. The Bertz CT molecular complexity index is 1010. The van der Waals surface area contributed by atoms with Crippen molar-refractivity contribution in [2.45, 2.75) is 37.8 Å². The molecule has 0 aromatic heterocycles. The van der Waals surface area contributed by atoms with Gasteiger partial charge >= 0.3 is 6.03 Å². The summed E-state index contributed by atoms with van der Waals surface area (Å²) in [6.07, 6.45) is 2.04. The number of urea groups is 1. The number of carbonyl (C=O) groups is 2. The number of hydrogen-bond donors (Lipinski definition) is 2. The van der Waals surface area contributed by atoms with Gasteiger partial charge in [0.15, 0.2) is 0 Å². The fourth-order valence-electron chi connectivity index (χ4n) is 3.98. The summed E-state index contributed by atoms with van der Waals surface area (Å²) < 4.78 is 5.51. The first-order chi connectivity index (χ1) is 14.3. The Balaban J connectivity index is 1.44. The molecule has 3 amide bonds. The highest BCUT2D eigenvalue weighted by Gasteiger charge is 2.49. The van der Waals surface area contributed by atoms with Gasteiger partial charge in [0.05, 0.1) is 11.6 Å². The van der Waals surface area contributed by atoms with Crippen LogP contribution in [0.2, 0.25) is 10.0 Å². The zero-order chi connectivity index (χ0) is 21.5. The number of amides is 3. The summed E-state index contributed by atoms with van der Waals surface area (Å²) in [4.78, 5) is 26.6.